The highest BCUT2D eigenvalue weighted by Gasteiger charge is 2.28. The molecule has 0 radical (unpaired) electrons. The number of aromatic amines is 1. The number of rotatable bonds is 9. The van der Waals surface area contributed by atoms with Gasteiger partial charge in [-0.3, -0.25) is 9.59 Å². The van der Waals surface area contributed by atoms with E-state index < -0.39 is 29.2 Å². The van der Waals surface area contributed by atoms with Crippen molar-refractivity contribution in [1.29, 1.82) is 0 Å². The molecule has 3 aromatic rings. The van der Waals surface area contributed by atoms with Gasteiger partial charge in [-0.1, -0.05) is 24.3 Å². The molecule has 36 heavy (non-hydrogen) atoms. The third-order valence-electron chi connectivity index (χ3n) is 6.15. The van der Waals surface area contributed by atoms with Crippen molar-refractivity contribution < 1.29 is 33.6 Å². The molecule has 2 N–H and O–H groups in total. The highest BCUT2D eigenvalue weighted by Crippen LogP contribution is 2.34. The second-order valence-corrected chi connectivity index (χ2v) is 8.33. The Bertz CT molecular complexity index is 1310. The van der Waals surface area contributed by atoms with E-state index in [0.717, 1.165) is 44.1 Å². The van der Waals surface area contributed by atoms with Gasteiger partial charge < -0.3 is 29.0 Å². The summed E-state index contributed by atoms with van der Waals surface area (Å²) in [7, 11) is 2.40. The lowest BCUT2D eigenvalue weighted by molar-refractivity contribution is -0.140. The molecule has 0 saturated heterocycles. The standard InChI is InChI=1S/C27H27NO8/c1-33-23(29)14-20(24-25(30)21(27(32)34-2)15-28-26(24)31)17-4-6-19(7-5-17)35-11-9-16-3-8-22-18(13-16)10-12-36-22/h3-8,13,15,20H,9-12,14H2,1-2H3,(H2,28,30,31). The van der Waals surface area contributed by atoms with Gasteiger partial charge in [0.1, 0.15) is 22.8 Å². The van der Waals surface area contributed by atoms with E-state index in [4.69, 9.17) is 14.2 Å². The van der Waals surface area contributed by atoms with E-state index in [9.17, 15) is 19.5 Å². The van der Waals surface area contributed by atoms with E-state index in [-0.39, 0.29) is 17.5 Å². The Kier molecular flexibility index (Phi) is 7.58. The minimum absolute atomic E-state index is 0.127. The Hall–Kier alpha value is -4.27. The van der Waals surface area contributed by atoms with Crippen molar-refractivity contribution in [3.05, 3.63) is 86.8 Å². The molecule has 9 nitrogen and oxygen atoms in total. The van der Waals surface area contributed by atoms with Crippen LogP contribution in [0.1, 0.15) is 45.0 Å². The van der Waals surface area contributed by atoms with E-state index >= 15 is 0 Å². The highest BCUT2D eigenvalue weighted by molar-refractivity contribution is 5.92. The first-order valence-corrected chi connectivity index (χ1v) is 11.5. The van der Waals surface area contributed by atoms with Gasteiger partial charge in [0.25, 0.3) is 5.56 Å². The lowest BCUT2D eigenvalue weighted by atomic mass is 9.88. The van der Waals surface area contributed by atoms with Crippen LogP contribution in [0.15, 0.2) is 53.5 Å². The maximum absolute atomic E-state index is 12.6. The van der Waals surface area contributed by atoms with Crippen LogP contribution < -0.4 is 15.0 Å². The predicted octanol–water partition coefficient (Wildman–Crippen LogP) is 3.12. The second kappa shape index (κ2) is 11.0. The summed E-state index contributed by atoms with van der Waals surface area (Å²) in [6, 6.07) is 13.0. The highest BCUT2D eigenvalue weighted by atomic mass is 16.5. The monoisotopic (exact) mass is 493 g/mol. The van der Waals surface area contributed by atoms with Gasteiger partial charge in [0.05, 0.1) is 39.4 Å². The third-order valence-corrected chi connectivity index (χ3v) is 6.15. The van der Waals surface area contributed by atoms with Gasteiger partial charge in [-0.15, -0.1) is 0 Å². The average molecular weight is 494 g/mol. The minimum Gasteiger partial charge on any atom is -0.506 e. The van der Waals surface area contributed by atoms with Gasteiger partial charge in [0.2, 0.25) is 0 Å². The molecular weight excluding hydrogens is 466 g/mol. The summed E-state index contributed by atoms with van der Waals surface area (Å²) in [5, 5.41) is 10.7. The second-order valence-electron chi connectivity index (χ2n) is 8.33. The summed E-state index contributed by atoms with van der Waals surface area (Å²) in [5.41, 5.74) is 1.97. The van der Waals surface area contributed by atoms with Crippen molar-refractivity contribution in [2.75, 3.05) is 27.4 Å². The maximum Gasteiger partial charge on any atom is 0.343 e. The molecule has 2 heterocycles. The zero-order chi connectivity index (χ0) is 25.7. The van der Waals surface area contributed by atoms with Crippen LogP contribution in [0.4, 0.5) is 0 Å². The number of esters is 2. The van der Waals surface area contributed by atoms with Crippen LogP contribution >= 0.6 is 0 Å². The number of pyridine rings is 1. The molecule has 188 valence electrons. The molecule has 1 atom stereocenters. The fraction of sp³-hybridized carbons (Fsp3) is 0.296. The predicted molar refractivity (Wildman–Crippen MR) is 130 cm³/mol. The van der Waals surface area contributed by atoms with Crippen LogP contribution in [0.25, 0.3) is 0 Å². The maximum atomic E-state index is 12.6. The number of H-pyrrole nitrogens is 1. The first kappa shape index (κ1) is 24.8. The van der Waals surface area contributed by atoms with Gasteiger partial charge in [0, 0.05) is 25.0 Å². The van der Waals surface area contributed by atoms with Crippen molar-refractivity contribution in [2.24, 2.45) is 0 Å². The lowest BCUT2D eigenvalue weighted by Gasteiger charge is -2.19. The zero-order valence-electron chi connectivity index (χ0n) is 20.0. The summed E-state index contributed by atoms with van der Waals surface area (Å²) in [5.74, 6) is -1.25. The number of carbonyl (C=O) groups is 2. The molecule has 0 fully saturated rings. The van der Waals surface area contributed by atoms with Crippen LogP contribution in [-0.2, 0) is 27.1 Å². The zero-order valence-corrected chi connectivity index (χ0v) is 20.0. The van der Waals surface area contributed by atoms with E-state index in [1.54, 1.807) is 24.3 Å². The lowest BCUT2D eigenvalue weighted by Crippen LogP contribution is -2.22. The quantitative estimate of drug-likeness (QED) is 0.436. The van der Waals surface area contributed by atoms with Gasteiger partial charge in [-0.2, -0.15) is 0 Å². The molecule has 0 spiro atoms. The largest absolute Gasteiger partial charge is 0.506 e. The topological polar surface area (TPSA) is 124 Å². The number of aromatic hydroxyl groups is 1. The molecule has 0 aliphatic carbocycles. The number of methoxy groups -OCH3 is 2. The third kappa shape index (κ3) is 5.35. The Morgan fingerprint density at radius 3 is 2.61 bits per heavy atom. The normalized spacial score (nSPS) is 12.8. The molecule has 1 aromatic heterocycles. The smallest absolute Gasteiger partial charge is 0.343 e. The van der Waals surface area contributed by atoms with E-state index in [2.05, 4.69) is 15.8 Å². The fourth-order valence-corrected chi connectivity index (χ4v) is 4.24. The van der Waals surface area contributed by atoms with Gasteiger partial charge >= 0.3 is 11.9 Å². The average Bonchev–Trinajstić information content (AvgIpc) is 3.36. The molecule has 0 saturated carbocycles. The number of benzene rings is 2. The van der Waals surface area contributed by atoms with Crippen LogP contribution in [0.3, 0.4) is 0 Å². The Balaban J connectivity index is 1.52. The van der Waals surface area contributed by atoms with Gasteiger partial charge in [-0.05, 0) is 34.9 Å². The molecule has 1 aliphatic heterocycles. The number of ether oxygens (including phenoxy) is 4. The molecule has 2 aromatic carbocycles. The van der Waals surface area contributed by atoms with Crippen molar-refractivity contribution in [3.63, 3.8) is 0 Å². The molecule has 0 amide bonds. The number of fused-ring (bicyclic) bond motifs is 1. The molecule has 1 aliphatic rings. The number of carbonyl (C=O) groups excluding carboxylic acids is 2. The van der Waals surface area contributed by atoms with Gasteiger partial charge in [0.15, 0.2) is 0 Å². The SMILES string of the molecule is COC(=O)CC(c1ccc(OCCc2ccc3c(c2)CCO3)cc1)c1c(O)c(C(=O)OC)c[nH]c1=O. The summed E-state index contributed by atoms with van der Waals surface area (Å²) in [6.45, 7) is 1.18. The first-order valence-electron chi connectivity index (χ1n) is 11.5. The summed E-state index contributed by atoms with van der Waals surface area (Å²) in [4.78, 5) is 39.2. The number of hydrogen-bond donors (Lipinski definition) is 2. The van der Waals surface area contributed by atoms with Crippen molar-refractivity contribution in [2.45, 2.75) is 25.2 Å². The molecule has 1 unspecified atom stereocenters. The number of hydrogen-bond acceptors (Lipinski definition) is 8. The summed E-state index contributed by atoms with van der Waals surface area (Å²) >= 11 is 0. The first-order chi connectivity index (χ1) is 17.4. The molecular formula is C27H27NO8. The number of aromatic nitrogens is 1. The van der Waals surface area contributed by atoms with E-state index in [0.29, 0.717) is 17.9 Å². The summed E-state index contributed by atoms with van der Waals surface area (Å²) < 4.78 is 20.9. The van der Waals surface area contributed by atoms with Crippen molar-refractivity contribution in [3.8, 4) is 17.2 Å². The van der Waals surface area contributed by atoms with Crippen LogP contribution in [0, 0.1) is 0 Å². The Morgan fingerprint density at radius 2 is 1.89 bits per heavy atom. The fourth-order valence-electron chi connectivity index (χ4n) is 4.24. The molecule has 4 rings (SSSR count). The Morgan fingerprint density at radius 1 is 1.11 bits per heavy atom. The Labute approximate surface area is 207 Å². The van der Waals surface area contributed by atoms with Crippen LogP contribution in [0.5, 0.6) is 17.2 Å². The molecule has 0 bridgehead atoms. The van der Waals surface area contributed by atoms with E-state index in [1.807, 2.05) is 12.1 Å². The summed E-state index contributed by atoms with van der Waals surface area (Å²) in [6.07, 6.45) is 2.50. The van der Waals surface area contributed by atoms with Crippen molar-refractivity contribution in [1.82, 2.24) is 4.98 Å². The van der Waals surface area contributed by atoms with Gasteiger partial charge in [-0.25, -0.2) is 4.79 Å². The molecule has 9 heteroatoms. The van der Waals surface area contributed by atoms with E-state index in [1.165, 1.54) is 12.7 Å². The number of nitrogens with one attached hydrogen (secondary N) is 1. The van der Waals surface area contributed by atoms with Crippen molar-refractivity contribution >= 4 is 11.9 Å². The minimum atomic E-state index is -0.867. The van der Waals surface area contributed by atoms with Crippen LogP contribution in [-0.4, -0.2) is 49.5 Å². The van der Waals surface area contributed by atoms with Crippen LogP contribution in [0.2, 0.25) is 0 Å².